The molecule has 1 heterocycles. The summed E-state index contributed by atoms with van der Waals surface area (Å²) in [4.78, 5) is 10.2. The van der Waals surface area contributed by atoms with Crippen molar-refractivity contribution in [2.24, 2.45) is 5.73 Å². The highest BCUT2D eigenvalue weighted by Crippen LogP contribution is 2.02. The summed E-state index contributed by atoms with van der Waals surface area (Å²) in [6, 6.07) is -0.0800. The molecule has 0 saturated carbocycles. The molecule has 0 spiro atoms. The Morgan fingerprint density at radius 1 is 1.67 bits per heavy atom. The lowest BCUT2D eigenvalue weighted by molar-refractivity contribution is 0.253. The van der Waals surface area contributed by atoms with Crippen LogP contribution in [0.3, 0.4) is 0 Å². The molecule has 0 saturated heterocycles. The number of hydrogen-bond acceptors (Lipinski definition) is 5. The van der Waals surface area contributed by atoms with E-state index in [1.165, 1.54) is 4.72 Å². The first-order chi connectivity index (χ1) is 5.52. The van der Waals surface area contributed by atoms with Crippen LogP contribution in [0.5, 0.6) is 0 Å². The molecule has 0 radical (unpaired) electrons. The molecule has 0 unspecified atom stereocenters. The highest BCUT2D eigenvalue weighted by atomic mass is 32.2. The first-order valence-corrected chi connectivity index (χ1v) is 4.23. The predicted octanol–water partition coefficient (Wildman–Crippen LogP) is -0.968. The SMILES string of the molecule is NC(=O)NS(=O)(=O)c1ccon1. The normalized spacial score (nSPS) is 11.0. The summed E-state index contributed by atoms with van der Waals surface area (Å²) >= 11 is 0. The molecule has 3 N–H and O–H groups in total. The summed E-state index contributed by atoms with van der Waals surface area (Å²) in [5, 5.41) is 2.72. The third kappa shape index (κ3) is 1.72. The largest absolute Gasteiger partial charge is 0.363 e. The summed E-state index contributed by atoms with van der Waals surface area (Å²) in [5.74, 6) is 0. The van der Waals surface area contributed by atoms with E-state index < -0.39 is 16.1 Å². The molecule has 12 heavy (non-hydrogen) atoms. The van der Waals surface area contributed by atoms with Gasteiger partial charge < -0.3 is 10.3 Å². The average Bonchev–Trinajstić information content (AvgIpc) is 2.32. The molecule has 1 aromatic heterocycles. The second-order valence-electron chi connectivity index (χ2n) is 1.81. The van der Waals surface area contributed by atoms with Crippen LogP contribution in [-0.4, -0.2) is 19.6 Å². The monoisotopic (exact) mass is 191 g/mol. The van der Waals surface area contributed by atoms with Crippen molar-refractivity contribution in [3.05, 3.63) is 12.3 Å². The van der Waals surface area contributed by atoms with E-state index in [4.69, 9.17) is 0 Å². The summed E-state index contributed by atoms with van der Waals surface area (Å²) in [5.41, 5.74) is 4.60. The molecule has 0 aliphatic carbocycles. The fourth-order valence-electron chi connectivity index (χ4n) is 0.525. The van der Waals surface area contributed by atoms with Crippen LogP contribution in [0.15, 0.2) is 21.9 Å². The predicted molar refractivity (Wildman–Crippen MR) is 36.4 cm³/mol. The number of carbonyl (C=O) groups is 1. The van der Waals surface area contributed by atoms with E-state index in [1.807, 2.05) is 0 Å². The van der Waals surface area contributed by atoms with E-state index >= 15 is 0 Å². The number of rotatable bonds is 2. The lowest BCUT2D eigenvalue weighted by Crippen LogP contribution is -2.35. The quantitative estimate of drug-likeness (QED) is 0.624. The molecule has 0 aromatic carbocycles. The van der Waals surface area contributed by atoms with Gasteiger partial charge in [-0.2, -0.15) is 8.42 Å². The fourth-order valence-corrected chi connectivity index (χ4v) is 1.27. The topological polar surface area (TPSA) is 115 Å². The molecule has 7 nitrogen and oxygen atoms in total. The van der Waals surface area contributed by atoms with Gasteiger partial charge in [-0.05, 0) is 0 Å². The Balaban J connectivity index is 2.96. The molecule has 0 bridgehead atoms. The molecule has 0 fully saturated rings. The van der Waals surface area contributed by atoms with Gasteiger partial charge in [0.1, 0.15) is 6.26 Å². The maximum atomic E-state index is 11.0. The Hall–Kier alpha value is -1.57. The van der Waals surface area contributed by atoms with Crippen LogP contribution >= 0.6 is 0 Å². The van der Waals surface area contributed by atoms with Gasteiger partial charge in [0.25, 0.3) is 10.0 Å². The number of primary amides is 1. The number of nitrogens with zero attached hydrogens (tertiary/aromatic N) is 1. The molecule has 0 atom stereocenters. The Morgan fingerprint density at radius 3 is 2.75 bits per heavy atom. The van der Waals surface area contributed by atoms with Crippen molar-refractivity contribution in [1.29, 1.82) is 0 Å². The molecule has 8 heteroatoms. The summed E-state index contributed by atoms with van der Waals surface area (Å²) in [6.45, 7) is 0. The number of carbonyl (C=O) groups excluding carboxylic acids is 1. The number of nitrogens with two attached hydrogens (primary N) is 1. The minimum atomic E-state index is -3.95. The molecule has 66 valence electrons. The van der Waals surface area contributed by atoms with Crippen molar-refractivity contribution in [3.63, 3.8) is 0 Å². The Morgan fingerprint density at radius 2 is 2.33 bits per heavy atom. The van der Waals surface area contributed by atoms with Crippen LogP contribution in [0.1, 0.15) is 0 Å². The van der Waals surface area contributed by atoms with E-state index in [9.17, 15) is 13.2 Å². The van der Waals surface area contributed by atoms with E-state index in [0.717, 1.165) is 12.3 Å². The fraction of sp³-hybridized carbons (Fsp3) is 0. The number of amides is 2. The van der Waals surface area contributed by atoms with Crippen LogP contribution in [0.4, 0.5) is 4.79 Å². The molecule has 1 rings (SSSR count). The van der Waals surface area contributed by atoms with E-state index in [0.29, 0.717) is 0 Å². The van der Waals surface area contributed by atoms with Crippen LogP contribution in [0.2, 0.25) is 0 Å². The molecule has 0 aliphatic heterocycles. The molecular formula is C4H5N3O4S. The van der Waals surface area contributed by atoms with Crippen LogP contribution in [-0.2, 0) is 10.0 Å². The summed E-state index contributed by atoms with van der Waals surface area (Å²) < 4.78 is 27.7. The number of nitrogens with one attached hydrogen (secondary N) is 1. The van der Waals surface area contributed by atoms with Crippen molar-refractivity contribution >= 4 is 16.1 Å². The zero-order valence-corrected chi connectivity index (χ0v) is 6.54. The zero-order valence-electron chi connectivity index (χ0n) is 5.72. The van der Waals surface area contributed by atoms with Gasteiger partial charge in [-0.1, -0.05) is 5.16 Å². The minimum absolute atomic E-state index is 0.388. The van der Waals surface area contributed by atoms with Gasteiger partial charge in [0.2, 0.25) is 5.03 Å². The molecule has 2 amide bonds. The Kier molecular flexibility index (Phi) is 2.00. The number of hydrogen-bond donors (Lipinski definition) is 2. The maximum Gasteiger partial charge on any atom is 0.326 e. The van der Waals surface area contributed by atoms with E-state index in [2.05, 4.69) is 15.4 Å². The van der Waals surface area contributed by atoms with Crippen LogP contribution < -0.4 is 10.5 Å². The molecule has 1 aromatic rings. The van der Waals surface area contributed by atoms with Crippen LogP contribution in [0, 0.1) is 0 Å². The third-order valence-electron chi connectivity index (χ3n) is 0.924. The summed E-state index contributed by atoms with van der Waals surface area (Å²) in [6.07, 6.45) is 1.07. The third-order valence-corrected chi connectivity index (χ3v) is 2.16. The van der Waals surface area contributed by atoms with Gasteiger partial charge in [-0.15, -0.1) is 0 Å². The van der Waals surface area contributed by atoms with Crippen molar-refractivity contribution < 1.29 is 17.7 Å². The number of sulfonamides is 1. The van der Waals surface area contributed by atoms with Gasteiger partial charge in [-0.3, -0.25) is 0 Å². The van der Waals surface area contributed by atoms with Crippen molar-refractivity contribution in [3.8, 4) is 0 Å². The number of urea groups is 1. The van der Waals surface area contributed by atoms with Crippen molar-refractivity contribution in [1.82, 2.24) is 9.88 Å². The molecular weight excluding hydrogens is 186 g/mol. The highest BCUT2D eigenvalue weighted by molar-refractivity contribution is 7.90. The number of aromatic nitrogens is 1. The van der Waals surface area contributed by atoms with Gasteiger partial charge >= 0.3 is 6.03 Å². The van der Waals surface area contributed by atoms with Crippen LogP contribution in [0.25, 0.3) is 0 Å². The standard InChI is InChI=1S/C4H5N3O4S/c5-4(8)7-12(9,10)3-1-2-11-6-3/h1-2H,(H3,5,7,8). The average molecular weight is 191 g/mol. The first-order valence-electron chi connectivity index (χ1n) is 2.75. The van der Waals surface area contributed by atoms with Gasteiger partial charge in [0.15, 0.2) is 0 Å². The van der Waals surface area contributed by atoms with Gasteiger partial charge in [0, 0.05) is 6.07 Å². The van der Waals surface area contributed by atoms with Gasteiger partial charge in [0.05, 0.1) is 0 Å². The Labute approximate surface area is 67.6 Å². The summed E-state index contributed by atoms with van der Waals surface area (Å²) in [7, 11) is -3.95. The second kappa shape index (κ2) is 2.81. The first kappa shape index (κ1) is 8.53. The van der Waals surface area contributed by atoms with Gasteiger partial charge in [-0.25, -0.2) is 9.52 Å². The zero-order chi connectivity index (χ0) is 9.19. The highest BCUT2D eigenvalue weighted by Gasteiger charge is 2.18. The van der Waals surface area contributed by atoms with Crippen molar-refractivity contribution in [2.45, 2.75) is 5.03 Å². The van der Waals surface area contributed by atoms with E-state index in [-0.39, 0.29) is 5.03 Å². The molecule has 0 aliphatic rings. The lowest BCUT2D eigenvalue weighted by Gasteiger charge is -1.97. The maximum absolute atomic E-state index is 11.0. The smallest absolute Gasteiger partial charge is 0.326 e. The second-order valence-corrected chi connectivity index (χ2v) is 3.44. The van der Waals surface area contributed by atoms with Crippen molar-refractivity contribution in [2.75, 3.05) is 0 Å². The van der Waals surface area contributed by atoms with E-state index in [1.54, 1.807) is 0 Å². The lowest BCUT2D eigenvalue weighted by atomic mass is 10.8. The minimum Gasteiger partial charge on any atom is -0.363 e. The Bertz CT molecular complexity index is 367.